The van der Waals surface area contributed by atoms with Crippen LogP contribution in [0.25, 0.3) is 0 Å². The van der Waals surface area contributed by atoms with Crippen LogP contribution in [0.4, 0.5) is 11.4 Å². The van der Waals surface area contributed by atoms with Crippen LogP contribution in [0.5, 0.6) is 5.75 Å². The molecule has 25 heavy (non-hydrogen) atoms. The van der Waals surface area contributed by atoms with Gasteiger partial charge in [0.25, 0.3) is 5.91 Å². The molecule has 0 atom stereocenters. The molecule has 0 saturated carbocycles. The molecule has 0 aromatic heterocycles. The molecule has 0 radical (unpaired) electrons. The Kier molecular flexibility index (Phi) is 4.67. The highest BCUT2D eigenvalue weighted by atomic mass is 32.2. The van der Waals surface area contributed by atoms with E-state index in [-0.39, 0.29) is 11.7 Å². The largest absolute Gasteiger partial charge is 0.495 e. The van der Waals surface area contributed by atoms with E-state index in [1.165, 1.54) is 4.31 Å². The van der Waals surface area contributed by atoms with Gasteiger partial charge in [-0.2, -0.15) is 0 Å². The highest BCUT2D eigenvalue weighted by Gasteiger charge is 2.28. The molecule has 0 aliphatic carbocycles. The number of ether oxygens (including phenoxy) is 1. The number of para-hydroxylation sites is 2. The van der Waals surface area contributed by atoms with E-state index in [1.54, 1.807) is 44.4 Å². The standard InChI is InChI=1S/C18H20N2O4S/c1-3-25(22,23)20-11-10-13-12-14(8-9-16(13)20)18(21)19-15-6-4-5-7-17(15)24-2/h4-9,12H,3,10-11H2,1-2H3,(H,19,21). The van der Waals surface area contributed by atoms with E-state index in [0.717, 1.165) is 5.56 Å². The van der Waals surface area contributed by atoms with E-state index in [2.05, 4.69) is 5.32 Å². The van der Waals surface area contributed by atoms with Gasteiger partial charge in [-0.15, -0.1) is 0 Å². The van der Waals surface area contributed by atoms with E-state index < -0.39 is 10.0 Å². The minimum Gasteiger partial charge on any atom is -0.495 e. The predicted molar refractivity (Wildman–Crippen MR) is 97.9 cm³/mol. The fourth-order valence-corrected chi connectivity index (χ4v) is 4.06. The lowest BCUT2D eigenvalue weighted by molar-refractivity contribution is 0.102. The van der Waals surface area contributed by atoms with Crippen molar-refractivity contribution in [2.45, 2.75) is 13.3 Å². The highest BCUT2D eigenvalue weighted by Crippen LogP contribution is 2.32. The van der Waals surface area contributed by atoms with Gasteiger partial charge in [0.05, 0.1) is 24.2 Å². The molecule has 0 bridgehead atoms. The van der Waals surface area contributed by atoms with Crippen molar-refractivity contribution in [1.82, 2.24) is 0 Å². The first kappa shape index (κ1) is 17.3. The molecule has 0 saturated heterocycles. The van der Waals surface area contributed by atoms with Crippen LogP contribution in [0.2, 0.25) is 0 Å². The molecule has 2 aromatic rings. The maximum atomic E-state index is 12.5. The minimum atomic E-state index is -3.29. The molecule has 1 amide bonds. The quantitative estimate of drug-likeness (QED) is 0.889. The number of rotatable bonds is 5. The van der Waals surface area contributed by atoms with Crippen LogP contribution in [0.15, 0.2) is 42.5 Å². The SMILES string of the molecule is CCS(=O)(=O)N1CCc2cc(C(=O)Nc3ccccc3OC)ccc21. The van der Waals surface area contributed by atoms with Crippen LogP contribution in [-0.2, 0) is 16.4 Å². The van der Waals surface area contributed by atoms with Gasteiger partial charge in [-0.25, -0.2) is 8.42 Å². The Bertz CT molecular complexity index is 909. The third-order valence-corrected chi connectivity index (χ3v) is 6.03. The van der Waals surface area contributed by atoms with E-state index >= 15 is 0 Å². The van der Waals surface area contributed by atoms with E-state index in [4.69, 9.17) is 4.74 Å². The number of fused-ring (bicyclic) bond motifs is 1. The Balaban J connectivity index is 1.85. The number of carbonyl (C=O) groups is 1. The molecule has 2 aromatic carbocycles. The zero-order valence-electron chi connectivity index (χ0n) is 14.2. The van der Waals surface area contributed by atoms with Crippen LogP contribution in [0, 0.1) is 0 Å². The average Bonchev–Trinajstić information content (AvgIpc) is 3.06. The van der Waals surface area contributed by atoms with Gasteiger partial charge in [0.2, 0.25) is 10.0 Å². The Morgan fingerprint density at radius 2 is 2.00 bits per heavy atom. The third kappa shape index (κ3) is 3.32. The lowest BCUT2D eigenvalue weighted by atomic mass is 10.1. The van der Waals surface area contributed by atoms with Crippen LogP contribution in [-0.4, -0.2) is 33.7 Å². The molecular formula is C18H20N2O4S. The first-order valence-corrected chi connectivity index (χ1v) is 9.65. The van der Waals surface area contributed by atoms with Crippen molar-refractivity contribution in [3.05, 3.63) is 53.6 Å². The summed E-state index contributed by atoms with van der Waals surface area (Å²) < 4.78 is 30.9. The Labute approximate surface area is 147 Å². The second kappa shape index (κ2) is 6.76. The molecule has 7 heteroatoms. The van der Waals surface area contributed by atoms with Crippen LogP contribution < -0.4 is 14.4 Å². The number of hydrogen-bond acceptors (Lipinski definition) is 4. The Morgan fingerprint density at radius 1 is 1.24 bits per heavy atom. The molecule has 3 rings (SSSR count). The van der Waals surface area contributed by atoms with Gasteiger partial charge in [0, 0.05) is 12.1 Å². The summed E-state index contributed by atoms with van der Waals surface area (Å²) >= 11 is 0. The number of sulfonamides is 1. The second-order valence-electron chi connectivity index (χ2n) is 5.72. The number of amides is 1. The number of nitrogens with one attached hydrogen (secondary N) is 1. The second-order valence-corrected chi connectivity index (χ2v) is 7.90. The molecule has 0 fully saturated rings. The fraction of sp³-hybridized carbons (Fsp3) is 0.278. The van der Waals surface area contributed by atoms with E-state index in [1.807, 2.05) is 12.1 Å². The Hall–Kier alpha value is -2.54. The lowest BCUT2D eigenvalue weighted by Crippen LogP contribution is -2.30. The number of benzene rings is 2. The molecule has 1 N–H and O–H groups in total. The first-order chi connectivity index (χ1) is 12.0. The van der Waals surface area contributed by atoms with Gasteiger partial charge in [-0.3, -0.25) is 9.10 Å². The minimum absolute atomic E-state index is 0.0580. The number of hydrogen-bond donors (Lipinski definition) is 1. The van der Waals surface area contributed by atoms with Crippen LogP contribution >= 0.6 is 0 Å². The maximum absolute atomic E-state index is 12.5. The molecule has 0 unspecified atom stereocenters. The Morgan fingerprint density at radius 3 is 2.72 bits per heavy atom. The topological polar surface area (TPSA) is 75.7 Å². The molecule has 1 aliphatic rings. The molecule has 1 heterocycles. The zero-order chi connectivity index (χ0) is 18.0. The van der Waals surface area contributed by atoms with Crippen molar-refractivity contribution in [3.8, 4) is 5.75 Å². The van der Waals surface area contributed by atoms with Crippen molar-refractivity contribution < 1.29 is 17.9 Å². The van der Waals surface area contributed by atoms with Crippen LogP contribution in [0.1, 0.15) is 22.8 Å². The first-order valence-electron chi connectivity index (χ1n) is 8.04. The van der Waals surface area contributed by atoms with Gasteiger partial charge >= 0.3 is 0 Å². The summed E-state index contributed by atoms with van der Waals surface area (Å²) in [7, 11) is -1.74. The average molecular weight is 360 g/mol. The monoisotopic (exact) mass is 360 g/mol. The van der Waals surface area contributed by atoms with Gasteiger partial charge in [0.15, 0.2) is 0 Å². The summed E-state index contributed by atoms with van der Waals surface area (Å²) in [4.78, 5) is 12.5. The lowest BCUT2D eigenvalue weighted by Gasteiger charge is -2.18. The molecule has 132 valence electrons. The van der Waals surface area contributed by atoms with Crippen molar-refractivity contribution in [2.75, 3.05) is 29.0 Å². The summed E-state index contributed by atoms with van der Waals surface area (Å²) in [5.74, 6) is 0.379. The summed E-state index contributed by atoms with van der Waals surface area (Å²) in [6.07, 6.45) is 0.602. The number of nitrogens with zero attached hydrogens (tertiary/aromatic N) is 1. The summed E-state index contributed by atoms with van der Waals surface area (Å²) in [6.45, 7) is 2.05. The third-order valence-electron chi connectivity index (χ3n) is 4.25. The highest BCUT2D eigenvalue weighted by molar-refractivity contribution is 7.92. The van der Waals surface area contributed by atoms with Gasteiger partial charge in [0.1, 0.15) is 5.75 Å². The van der Waals surface area contributed by atoms with Crippen molar-refractivity contribution in [1.29, 1.82) is 0 Å². The molecular weight excluding hydrogens is 340 g/mol. The number of anilines is 2. The van der Waals surface area contributed by atoms with Crippen LogP contribution in [0.3, 0.4) is 0 Å². The zero-order valence-corrected chi connectivity index (χ0v) is 15.0. The van der Waals surface area contributed by atoms with Gasteiger partial charge < -0.3 is 10.1 Å². The molecule has 1 aliphatic heterocycles. The van der Waals surface area contributed by atoms with Gasteiger partial charge in [-0.05, 0) is 49.2 Å². The maximum Gasteiger partial charge on any atom is 0.255 e. The molecule has 0 spiro atoms. The normalized spacial score (nSPS) is 13.4. The fourth-order valence-electron chi connectivity index (χ4n) is 2.90. The van der Waals surface area contributed by atoms with E-state index in [9.17, 15) is 13.2 Å². The summed E-state index contributed by atoms with van der Waals surface area (Å²) in [5.41, 5.74) is 2.60. The van der Waals surface area contributed by atoms with E-state index in [0.29, 0.717) is 35.7 Å². The number of carbonyl (C=O) groups excluding carboxylic acids is 1. The number of methoxy groups -OCH3 is 1. The smallest absolute Gasteiger partial charge is 0.255 e. The van der Waals surface area contributed by atoms with Crippen molar-refractivity contribution in [2.24, 2.45) is 0 Å². The van der Waals surface area contributed by atoms with Crippen molar-refractivity contribution >= 4 is 27.3 Å². The summed E-state index contributed by atoms with van der Waals surface area (Å²) in [5, 5.41) is 2.83. The molecule has 6 nitrogen and oxygen atoms in total. The van der Waals surface area contributed by atoms with Crippen molar-refractivity contribution in [3.63, 3.8) is 0 Å². The predicted octanol–water partition coefficient (Wildman–Crippen LogP) is 2.66. The van der Waals surface area contributed by atoms with Gasteiger partial charge in [-0.1, -0.05) is 12.1 Å². The summed E-state index contributed by atoms with van der Waals surface area (Å²) in [6, 6.07) is 12.3.